The van der Waals surface area contributed by atoms with E-state index in [2.05, 4.69) is 10.6 Å². The molecular weight excluding hydrogens is 286 g/mol. The molecule has 1 heterocycles. The van der Waals surface area contributed by atoms with Crippen LogP contribution in [-0.4, -0.2) is 19.0 Å². The summed E-state index contributed by atoms with van der Waals surface area (Å²) in [6.45, 7) is 3.30. The molecule has 1 aliphatic rings. The van der Waals surface area contributed by atoms with Crippen molar-refractivity contribution in [2.75, 3.05) is 13.1 Å². The summed E-state index contributed by atoms with van der Waals surface area (Å²) < 4.78 is 26.9. The third-order valence-electron chi connectivity index (χ3n) is 3.49. The summed E-state index contributed by atoms with van der Waals surface area (Å²) in [7, 11) is 0. The van der Waals surface area contributed by atoms with Crippen LogP contribution in [0.15, 0.2) is 18.2 Å². The molecule has 2 rings (SSSR count). The molecule has 2 N–H and O–H groups in total. The minimum atomic E-state index is -0.494. The number of carbonyl (C=O) groups is 1. The average Bonchev–Trinajstić information content (AvgIpc) is 2.93. The van der Waals surface area contributed by atoms with Gasteiger partial charge in [-0.2, -0.15) is 0 Å². The number of benzene rings is 1. The molecule has 0 aromatic heterocycles. The fourth-order valence-corrected chi connectivity index (χ4v) is 2.35. The Balaban J connectivity index is 0.00000200. The minimum Gasteiger partial charge on any atom is -0.349 e. The number of hydrogen-bond acceptors (Lipinski definition) is 2. The molecule has 1 aromatic carbocycles. The highest BCUT2D eigenvalue weighted by Gasteiger charge is 2.25. The summed E-state index contributed by atoms with van der Waals surface area (Å²) in [6, 6.07) is 2.84. The van der Waals surface area contributed by atoms with Crippen LogP contribution >= 0.6 is 12.4 Å². The van der Waals surface area contributed by atoms with Gasteiger partial charge < -0.3 is 10.6 Å². The molecule has 0 aliphatic carbocycles. The largest absolute Gasteiger partial charge is 0.349 e. The average molecular weight is 305 g/mol. The topological polar surface area (TPSA) is 41.1 Å². The van der Waals surface area contributed by atoms with Gasteiger partial charge in [-0.05, 0) is 37.6 Å². The summed E-state index contributed by atoms with van der Waals surface area (Å²) in [5.41, 5.74) is 0.210. The predicted molar refractivity (Wildman–Crippen MR) is 75.8 cm³/mol. The smallest absolute Gasteiger partial charge is 0.224 e. The van der Waals surface area contributed by atoms with Crippen LogP contribution in [0.4, 0.5) is 8.78 Å². The fraction of sp³-hybridized carbons (Fsp3) is 0.500. The van der Waals surface area contributed by atoms with Crippen LogP contribution in [0.2, 0.25) is 0 Å². The first kappa shape index (κ1) is 16.9. The van der Waals surface area contributed by atoms with Crippen molar-refractivity contribution in [3.05, 3.63) is 35.4 Å². The molecule has 3 nitrogen and oxygen atoms in total. The molecule has 20 heavy (non-hydrogen) atoms. The molecule has 0 bridgehead atoms. The predicted octanol–water partition coefficient (Wildman–Crippen LogP) is 2.56. The van der Waals surface area contributed by atoms with Crippen LogP contribution in [0.1, 0.15) is 31.4 Å². The van der Waals surface area contributed by atoms with Gasteiger partial charge in [0.25, 0.3) is 0 Å². The Kier molecular flexibility index (Phi) is 6.36. The minimum absolute atomic E-state index is 0. The SMILES string of the molecule is CCC(NC(=O)C1CCNC1)c1cc(F)ccc1F.Cl. The van der Waals surface area contributed by atoms with E-state index in [0.717, 1.165) is 31.2 Å². The van der Waals surface area contributed by atoms with E-state index in [1.807, 2.05) is 6.92 Å². The van der Waals surface area contributed by atoms with Crippen molar-refractivity contribution in [1.29, 1.82) is 0 Å². The Morgan fingerprint density at radius 1 is 1.50 bits per heavy atom. The molecule has 1 aromatic rings. The van der Waals surface area contributed by atoms with Crippen molar-refractivity contribution in [3.63, 3.8) is 0 Å². The quantitative estimate of drug-likeness (QED) is 0.897. The summed E-state index contributed by atoms with van der Waals surface area (Å²) in [4.78, 5) is 12.0. The van der Waals surface area contributed by atoms with Gasteiger partial charge in [0.2, 0.25) is 5.91 Å². The van der Waals surface area contributed by atoms with Gasteiger partial charge in [0.05, 0.1) is 12.0 Å². The Morgan fingerprint density at radius 2 is 2.25 bits per heavy atom. The van der Waals surface area contributed by atoms with Gasteiger partial charge in [-0.3, -0.25) is 4.79 Å². The van der Waals surface area contributed by atoms with Gasteiger partial charge in [0.1, 0.15) is 11.6 Å². The zero-order valence-electron chi connectivity index (χ0n) is 11.3. The van der Waals surface area contributed by atoms with E-state index in [0.29, 0.717) is 13.0 Å². The Morgan fingerprint density at radius 3 is 2.85 bits per heavy atom. The zero-order chi connectivity index (χ0) is 13.8. The summed E-state index contributed by atoms with van der Waals surface area (Å²) in [5.74, 6) is -1.16. The number of rotatable bonds is 4. The van der Waals surface area contributed by atoms with Crippen LogP contribution in [0, 0.1) is 17.6 Å². The third kappa shape index (κ3) is 3.90. The van der Waals surface area contributed by atoms with E-state index < -0.39 is 17.7 Å². The number of hydrogen-bond donors (Lipinski definition) is 2. The van der Waals surface area contributed by atoms with Gasteiger partial charge >= 0.3 is 0 Å². The lowest BCUT2D eigenvalue weighted by Crippen LogP contribution is -2.35. The first-order chi connectivity index (χ1) is 9.11. The molecule has 0 spiro atoms. The van der Waals surface area contributed by atoms with Crippen LogP contribution < -0.4 is 10.6 Å². The monoisotopic (exact) mass is 304 g/mol. The number of carbonyl (C=O) groups excluding carboxylic acids is 1. The number of nitrogens with one attached hydrogen (secondary N) is 2. The summed E-state index contributed by atoms with van der Waals surface area (Å²) in [5, 5.41) is 5.92. The molecule has 1 aliphatic heterocycles. The lowest BCUT2D eigenvalue weighted by atomic mass is 10.0. The fourth-order valence-electron chi connectivity index (χ4n) is 2.35. The molecule has 0 radical (unpaired) electrons. The molecule has 1 saturated heterocycles. The van der Waals surface area contributed by atoms with Crippen molar-refractivity contribution in [2.45, 2.75) is 25.8 Å². The van der Waals surface area contributed by atoms with Crippen molar-refractivity contribution >= 4 is 18.3 Å². The second-order valence-corrected chi connectivity index (χ2v) is 4.82. The molecule has 2 unspecified atom stereocenters. The highest BCUT2D eigenvalue weighted by Crippen LogP contribution is 2.22. The molecular formula is C14H19ClF2N2O. The Labute approximate surface area is 123 Å². The van der Waals surface area contributed by atoms with Gasteiger partial charge in [-0.15, -0.1) is 12.4 Å². The maximum atomic E-state index is 13.7. The standard InChI is InChI=1S/C14H18F2N2O.ClH/c1-2-13(11-7-10(15)3-4-12(11)16)18-14(19)9-5-6-17-8-9;/h3-4,7,9,13,17H,2,5-6,8H2,1H3,(H,18,19);1H. The first-order valence-corrected chi connectivity index (χ1v) is 6.58. The maximum absolute atomic E-state index is 13.7. The molecule has 2 atom stereocenters. The van der Waals surface area contributed by atoms with Crippen LogP contribution in [0.3, 0.4) is 0 Å². The Hall–Kier alpha value is -1.20. The second kappa shape index (κ2) is 7.55. The lowest BCUT2D eigenvalue weighted by molar-refractivity contribution is -0.125. The molecule has 6 heteroatoms. The number of amides is 1. The second-order valence-electron chi connectivity index (χ2n) is 4.82. The van der Waals surface area contributed by atoms with Crippen molar-refractivity contribution < 1.29 is 13.6 Å². The van der Waals surface area contributed by atoms with Crippen LogP contribution in [0.5, 0.6) is 0 Å². The third-order valence-corrected chi connectivity index (χ3v) is 3.49. The maximum Gasteiger partial charge on any atom is 0.224 e. The lowest BCUT2D eigenvalue weighted by Gasteiger charge is -2.20. The van der Waals surface area contributed by atoms with Crippen molar-refractivity contribution in [3.8, 4) is 0 Å². The highest BCUT2D eigenvalue weighted by atomic mass is 35.5. The summed E-state index contributed by atoms with van der Waals surface area (Å²) in [6.07, 6.45) is 1.31. The summed E-state index contributed by atoms with van der Waals surface area (Å²) >= 11 is 0. The van der Waals surface area contributed by atoms with Gasteiger partial charge in [0, 0.05) is 12.1 Å². The van der Waals surface area contributed by atoms with E-state index in [1.165, 1.54) is 0 Å². The van der Waals surface area contributed by atoms with E-state index in [9.17, 15) is 13.6 Å². The van der Waals surface area contributed by atoms with Crippen LogP contribution in [-0.2, 0) is 4.79 Å². The van der Waals surface area contributed by atoms with Crippen molar-refractivity contribution in [1.82, 2.24) is 10.6 Å². The molecule has 1 amide bonds. The Bertz CT molecular complexity index is 464. The van der Waals surface area contributed by atoms with Gasteiger partial charge in [0.15, 0.2) is 0 Å². The number of halogens is 3. The van der Waals surface area contributed by atoms with Gasteiger partial charge in [-0.25, -0.2) is 8.78 Å². The first-order valence-electron chi connectivity index (χ1n) is 6.58. The zero-order valence-corrected chi connectivity index (χ0v) is 12.1. The molecule has 0 saturated carbocycles. The molecule has 1 fully saturated rings. The van der Waals surface area contributed by atoms with E-state index in [1.54, 1.807) is 0 Å². The van der Waals surface area contributed by atoms with Crippen molar-refractivity contribution in [2.24, 2.45) is 5.92 Å². The van der Waals surface area contributed by atoms with E-state index in [-0.39, 0.29) is 29.8 Å². The van der Waals surface area contributed by atoms with E-state index in [4.69, 9.17) is 0 Å². The van der Waals surface area contributed by atoms with Gasteiger partial charge in [-0.1, -0.05) is 6.92 Å². The van der Waals surface area contributed by atoms with Crippen LogP contribution in [0.25, 0.3) is 0 Å². The normalized spacial score (nSPS) is 19.2. The molecule has 112 valence electrons. The highest BCUT2D eigenvalue weighted by molar-refractivity contribution is 5.85. The van der Waals surface area contributed by atoms with E-state index >= 15 is 0 Å².